The third-order valence-electron chi connectivity index (χ3n) is 2.40. The summed E-state index contributed by atoms with van der Waals surface area (Å²) in [5, 5.41) is 10.9. The summed E-state index contributed by atoms with van der Waals surface area (Å²) in [6, 6.07) is 8.13. The Morgan fingerprint density at radius 1 is 1.41 bits per heavy atom. The van der Waals surface area contributed by atoms with Crippen LogP contribution in [-0.4, -0.2) is 16.0 Å². The van der Waals surface area contributed by atoms with Gasteiger partial charge in [0.05, 0.1) is 5.69 Å². The zero-order valence-corrected chi connectivity index (χ0v) is 10.9. The Morgan fingerprint density at radius 2 is 2.29 bits per heavy atom. The number of rotatable bonds is 3. The fraction of sp³-hybridized carbons (Fsp3) is 0.273. The van der Waals surface area contributed by atoms with Gasteiger partial charge in [-0.1, -0.05) is 48.2 Å². The Hall–Kier alpha value is -1.11. The number of hydrogen-bond donors (Lipinski definition) is 0. The third kappa shape index (κ3) is 2.03. The number of thioether (sulfide) groups is 1. The molecule has 0 bridgehead atoms. The van der Waals surface area contributed by atoms with E-state index in [1.807, 2.05) is 18.2 Å². The van der Waals surface area contributed by atoms with Crippen molar-refractivity contribution in [1.29, 1.82) is 0 Å². The first kappa shape index (κ1) is 11.0. The first-order chi connectivity index (χ1) is 8.38. The van der Waals surface area contributed by atoms with E-state index in [2.05, 4.69) is 23.2 Å². The van der Waals surface area contributed by atoms with Crippen LogP contribution in [0.3, 0.4) is 0 Å². The highest BCUT2D eigenvalue weighted by atomic mass is 32.2. The minimum atomic E-state index is 0.603. The third-order valence-corrected chi connectivity index (χ3v) is 4.30. The fourth-order valence-electron chi connectivity index (χ4n) is 1.66. The van der Waals surface area contributed by atoms with Crippen LogP contribution in [0.1, 0.15) is 12.5 Å². The summed E-state index contributed by atoms with van der Waals surface area (Å²) in [4.78, 5) is 5.63. The van der Waals surface area contributed by atoms with Gasteiger partial charge in [0.15, 0.2) is 4.34 Å². The monoisotopic (exact) mass is 265 g/mol. The van der Waals surface area contributed by atoms with Crippen LogP contribution in [0.2, 0.25) is 0 Å². The van der Waals surface area contributed by atoms with Gasteiger partial charge in [0, 0.05) is 5.56 Å². The topological polar surface area (TPSA) is 38.2 Å². The van der Waals surface area contributed by atoms with E-state index in [-0.39, 0.29) is 0 Å². The van der Waals surface area contributed by atoms with Gasteiger partial charge in [-0.3, -0.25) is 4.84 Å². The number of anilines is 2. The quantitative estimate of drug-likeness (QED) is 0.797. The molecular formula is C11H11N3OS2. The molecule has 0 unspecified atom stereocenters. The van der Waals surface area contributed by atoms with Crippen molar-refractivity contribution < 1.29 is 4.84 Å². The van der Waals surface area contributed by atoms with Gasteiger partial charge in [-0.05, 0) is 11.8 Å². The number of aromatic nitrogens is 2. The smallest absolute Gasteiger partial charge is 0.237 e. The maximum atomic E-state index is 5.63. The molecule has 0 aliphatic carbocycles. The molecule has 0 N–H and O–H groups in total. The van der Waals surface area contributed by atoms with Crippen molar-refractivity contribution in [3.63, 3.8) is 0 Å². The summed E-state index contributed by atoms with van der Waals surface area (Å²) in [5.74, 6) is 1.01. The van der Waals surface area contributed by atoms with Crippen LogP contribution in [0, 0.1) is 0 Å². The molecule has 1 aliphatic heterocycles. The van der Waals surface area contributed by atoms with Crippen LogP contribution in [-0.2, 0) is 11.4 Å². The Morgan fingerprint density at radius 3 is 3.18 bits per heavy atom. The van der Waals surface area contributed by atoms with E-state index in [0.29, 0.717) is 6.61 Å². The Labute approximate surface area is 108 Å². The SMILES string of the molecule is CCSc1nnc(N2OCc3ccccc32)s1. The van der Waals surface area contributed by atoms with Gasteiger partial charge in [-0.2, -0.15) is 5.06 Å². The van der Waals surface area contributed by atoms with Gasteiger partial charge in [-0.25, -0.2) is 0 Å². The van der Waals surface area contributed by atoms with Gasteiger partial charge in [0.2, 0.25) is 5.13 Å². The molecule has 0 atom stereocenters. The van der Waals surface area contributed by atoms with Crippen molar-refractivity contribution in [2.45, 2.75) is 17.9 Å². The highest BCUT2D eigenvalue weighted by Crippen LogP contribution is 2.38. The number of nitrogens with zero attached hydrogens (tertiary/aromatic N) is 3. The lowest BCUT2D eigenvalue weighted by molar-refractivity contribution is 0.145. The molecule has 88 valence electrons. The first-order valence-electron chi connectivity index (χ1n) is 5.35. The molecule has 3 rings (SSSR count). The minimum Gasteiger partial charge on any atom is -0.261 e. The summed E-state index contributed by atoms with van der Waals surface area (Å²) >= 11 is 3.26. The van der Waals surface area contributed by atoms with Crippen LogP contribution < -0.4 is 5.06 Å². The molecule has 0 saturated carbocycles. The Balaban J connectivity index is 1.90. The fourth-order valence-corrected chi connectivity index (χ4v) is 3.37. The predicted octanol–water partition coefficient (Wildman–Crippen LogP) is 3.23. The van der Waals surface area contributed by atoms with Crippen molar-refractivity contribution >= 4 is 33.9 Å². The average Bonchev–Trinajstić information content (AvgIpc) is 2.95. The summed E-state index contributed by atoms with van der Waals surface area (Å²) in [6.45, 7) is 2.71. The lowest BCUT2D eigenvalue weighted by Crippen LogP contribution is -2.10. The lowest BCUT2D eigenvalue weighted by Gasteiger charge is -2.12. The number of fused-ring (bicyclic) bond motifs is 1. The van der Waals surface area contributed by atoms with Crippen molar-refractivity contribution in [2.75, 3.05) is 10.8 Å². The van der Waals surface area contributed by atoms with Crippen molar-refractivity contribution in [3.8, 4) is 0 Å². The van der Waals surface area contributed by atoms with Crippen molar-refractivity contribution in [3.05, 3.63) is 29.8 Å². The molecule has 0 fully saturated rings. The zero-order valence-electron chi connectivity index (χ0n) is 9.29. The maximum Gasteiger partial charge on any atom is 0.237 e. The summed E-state index contributed by atoms with van der Waals surface area (Å²) in [7, 11) is 0. The van der Waals surface area contributed by atoms with E-state index in [1.54, 1.807) is 28.2 Å². The van der Waals surface area contributed by atoms with Crippen LogP contribution in [0.15, 0.2) is 28.6 Å². The van der Waals surface area contributed by atoms with Gasteiger partial charge < -0.3 is 0 Å². The Bertz CT molecular complexity index is 529. The molecule has 6 heteroatoms. The maximum absolute atomic E-state index is 5.63. The molecule has 1 aromatic carbocycles. The van der Waals surface area contributed by atoms with Crippen LogP contribution >= 0.6 is 23.1 Å². The molecular weight excluding hydrogens is 254 g/mol. The number of hydrogen-bond acceptors (Lipinski definition) is 6. The molecule has 2 heterocycles. The van der Waals surface area contributed by atoms with E-state index in [9.17, 15) is 0 Å². The standard InChI is InChI=1S/C11H11N3OS2/c1-2-16-11-13-12-10(17-11)14-9-6-4-3-5-8(9)7-15-14/h3-6H,2,7H2,1H3. The molecule has 1 aliphatic rings. The molecule has 0 amide bonds. The highest BCUT2D eigenvalue weighted by Gasteiger charge is 2.24. The van der Waals surface area contributed by atoms with Gasteiger partial charge >= 0.3 is 0 Å². The van der Waals surface area contributed by atoms with Crippen LogP contribution in [0.25, 0.3) is 0 Å². The van der Waals surface area contributed by atoms with Crippen molar-refractivity contribution in [2.24, 2.45) is 0 Å². The zero-order chi connectivity index (χ0) is 11.7. The van der Waals surface area contributed by atoms with E-state index < -0.39 is 0 Å². The van der Waals surface area contributed by atoms with Crippen molar-refractivity contribution in [1.82, 2.24) is 10.2 Å². The number of benzene rings is 1. The number of para-hydroxylation sites is 1. The molecule has 2 aromatic rings. The Kier molecular flexibility index (Phi) is 3.00. The normalized spacial score (nSPS) is 14.1. The molecule has 1 aromatic heterocycles. The van der Waals surface area contributed by atoms with E-state index in [4.69, 9.17) is 4.84 Å². The predicted molar refractivity (Wildman–Crippen MR) is 69.7 cm³/mol. The second kappa shape index (κ2) is 4.64. The van der Waals surface area contributed by atoms with Gasteiger partial charge in [0.25, 0.3) is 0 Å². The molecule has 4 nitrogen and oxygen atoms in total. The summed E-state index contributed by atoms with van der Waals surface area (Å²) in [5.41, 5.74) is 2.25. The van der Waals surface area contributed by atoms with Gasteiger partial charge in [-0.15, -0.1) is 10.2 Å². The highest BCUT2D eigenvalue weighted by molar-refractivity contribution is 8.01. The summed E-state index contributed by atoms with van der Waals surface area (Å²) in [6.07, 6.45) is 0. The van der Waals surface area contributed by atoms with E-state index >= 15 is 0 Å². The van der Waals surface area contributed by atoms with Crippen LogP contribution in [0.4, 0.5) is 10.8 Å². The molecule has 17 heavy (non-hydrogen) atoms. The summed E-state index contributed by atoms with van der Waals surface area (Å²) < 4.78 is 0.982. The van der Waals surface area contributed by atoms with Gasteiger partial charge in [0.1, 0.15) is 6.61 Å². The van der Waals surface area contributed by atoms with Crippen LogP contribution in [0.5, 0.6) is 0 Å². The molecule has 0 spiro atoms. The second-order valence-electron chi connectivity index (χ2n) is 3.48. The minimum absolute atomic E-state index is 0.603. The first-order valence-corrected chi connectivity index (χ1v) is 7.16. The van der Waals surface area contributed by atoms with E-state index in [0.717, 1.165) is 20.9 Å². The lowest BCUT2D eigenvalue weighted by atomic mass is 10.2. The van der Waals surface area contributed by atoms with E-state index in [1.165, 1.54) is 5.56 Å². The average molecular weight is 265 g/mol. The molecule has 0 radical (unpaired) electrons. The largest absolute Gasteiger partial charge is 0.261 e. The molecule has 0 saturated heterocycles. The second-order valence-corrected chi connectivity index (χ2v) is 5.95.